The Balaban J connectivity index is 1.67. The molecule has 0 aliphatic carbocycles. The molecule has 0 atom stereocenters. The number of hydrogen-bond donors (Lipinski definition) is 0. The van der Waals surface area contributed by atoms with E-state index in [-0.39, 0.29) is 29.2 Å². The van der Waals surface area contributed by atoms with Crippen molar-refractivity contribution in [3.8, 4) is 0 Å². The van der Waals surface area contributed by atoms with Gasteiger partial charge in [-0.2, -0.15) is 5.10 Å². The molecular weight excluding hydrogens is 387 g/mol. The fourth-order valence-corrected chi connectivity index (χ4v) is 3.46. The molecule has 0 aliphatic heterocycles. The first-order valence-corrected chi connectivity index (χ1v) is 9.01. The van der Waals surface area contributed by atoms with Gasteiger partial charge in [-0.1, -0.05) is 35.3 Å². The minimum absolute atomic E-state index is 0.0283. The van der Waals surface area contributed by atoms with Crippen LogP contribution in [0.5, 0.6) is 0 Å². The van der Waals surface area contributed by atoms with Crippen molar-refractivity contribution >= 4 is 50.7 Å². The highest BCUT2D eigenvalue weighted by atomic mass is 35.5. The van der Waals surface area contributed by atoms with Gasteiger partial charge in [0.15, 0.2) is 0 Å². The summed E-state index contributed by atoms with van der Waals surface area (Å²) in [4.78, 5) is 25.0. The third-order valence-corrected chi connectivity index (χ3v) is 5.18. The van der Waals surface area contributed by atoms with Crippen molar-refractivity contribution in [1.29, 1.82) is 0 Å². The number of ketones is 1. The Kier molecular flexibility index (Phi) is 4.50. The monoisotopic (exact) mass is 400 g/mol. The van der Waals surface area contributed by atoms with E-state index >= 15 is 0 Å². The van der Waals surface area contributed by atoms with Crippen LogP contribution in [0.1, 0.15) is 11.3 Å². The van der Waals surface area contributed by atoms with Gasteiger partial charge in [0.1, 0.15) is 11.4 Å². The molecule has 0 N–H and O–H groups in total. The van der Waals surface area contributed by atoms with Crippen LogP contribution in [0, 0.1) is 0 Å². The number of furan rings is 1. The number of aromatic nitrogens is 2. The molecule has 0 unspecified atom stereocenters. The summed E-state index contributed by atoms with van der Waals surface area (Å²) in [6.45, 7) is 0. The third-order valence-electron chi connectivity index (χ3n) is 4.45. The number of fused-ring (bicyclic) bond motifs is 2. The van der Waals surface area contributed by atoms with E-state index in [1.165, 1.54) is 10.7 Å². The Morgan fingerprint density at radius 1 is 1.07 bits per heavy atom. The molecule has 27 heavy (non-hydrogen) atoms. The van der Waals surface area contributed by atoms with Crippen LogP contribution >= 0.6 is 23.2 Å². The van der Waals surface area contributed by atoms with E-state index in [0.717, 1.165) is 16.5 Å². The summed E-state index contributed by atoms with van der Waals surface area (Å²) in [6.07, 6.45) is 1.94. The maximum Gasteiger partial charge on any atom is 0.274 e. The van der Waals surface area contributed by atoms with E-state index in [0.29, 0.717) is 21.5 Å². The van der Waals surface area contributed by atoms with Crippen LogP contribution < -0.4 is 5.56 Å². The van der Waals surface area contributed by atoms with Gasteiger partial charge in [-0.25, -0.2) is 4.68 Å². The molecule has 2 aromatic carbocycles. The molecule has 2 aromatic heterocycles. The van der Waals surface area contributed by atoms with Crippen LogP contribution in [0.4, 0.5) is 0 Å². The van der Waals surface area contributed by atoms with E-state index in [1.807, 2.05) is 24.3 Å². The summed E-state index contributed by atoms with van der Waals surface area (Å²) < 4.78 is 6.59. The lowest BCUT2D eigenvalue weighted by molar-refractivity contribution is -0.117. The molecular formula is C20H14Cl2N2O3. The number of aryl methyl sites for hydroxylation is 1. The Bertz CT molecular complexity index is 1260. The van der Waals surface area contributed by atoms with Crippen molar-refractivity contribution in [1.82, 2.24) is 9.78 Å². The van der Waals surface area contributed by atoms with Crippen molar-refractivity contribution in [3.05, 3.63) is 74.3 Å². The lowest BCUT2D eigenvalue weighted by Crippen LogP contribution is -2.23. The number of Topliss-reactive ketones (excluding diaryl/α,β-unsaturated/α-hetero) is 1. The molecule has 4 aromatic rings. The normalized spacial score (nSPS) is 11.4. The molecule has 0 aliphatic rings. The van der Waals surface area contributed by atoms with Gasteiger partial charge in [0, 0.05) is 24.2 Å². The van der Waals surface area contributed by atoms with Gasteiger partial charge in [0.2, 0.25) is 0 Å². The quantitative estimate of drug-likeness (QED) is 0.510. The number of hydrogen-bond acceptors (Lipinski definition) is 4. The molecule has 0 radical (unpaired) electrons. The van der Waals surface area contributed by atoms with Crippen molar-refractivity contribution in [2.24, 2.45) is 7.05 Å². The highest BCUT2D eigenvalue weighted by Crippen LogP contribution is 2.28. The van der Waals surface area contributed by atoms with Gasteiger partial charge in [0.05, 0.1) is 33.8 Å². The second-order valence-corrected chi connectivity index (χ2v) is 7.19. The van der Waals surface area contributed by atoms with Crippen molar-refractivity contribution in [2.45, 2.75) is 12.8 Å². The molecule has 0 saturated heterocycles. The number of nitrogens with zero attached hydrogens (tertiary/aromatic N) is 2. The van der Waals surface area contributed by atoms with E-state index in [1.54, 1.807) is 19.4 Å². The maximum atomic E-state index is 12.6. The number of carbonyl (C=O) groups is 1. The molecule has 0 spiro atoms. The second-order valence-electron chi connectivity index (χ2n) is 6.37. The highest BCUT2D eigenvalue weighted by molar-refractivity contribution is 6.42. The Morgan fingerprint density at radius 2 is 1.81 bits per heavy atom. The first-order valence-electron chi connectivity index (χ1n) is 8.25. The number of benzene rings is 2. The summed E-state index contributed by atoms with van der Waals surface area (Å²) in [5.74, 6) is -0.0283. The van der Waals surface area contributed by atoms with Crippen molar-refractivity contribution < 1.29 is 9.21 Å². The molecule has 2 heterocycles. The molecule has 5 nitrogen and oxygen atoms in total. The minimum Gasteiger partial charge on any atom is -0.464 e. The topological polar surface area (TPSA) is 65.1 Å². The average Bonchev–Trinajstić information content (AvgIpc) is 3.09. The SMILES string of the molecule is Cn1nc(CC(=O)Cc2ccc3ccoc3c2)c2cc(Cl)c(Cl)cc2c1=O. The van der Waals surface area contributed by atoms with Gasteiger partial charge < -0.3 is 4.42 Å². The summed E-state index contributed by atoms with van der Waals surface area (Å²) in [7, 11) is 1.54. The van der Waals surface area contributed by atoms with Crippen LogP contribution in [-0.2, 0) is 24.7 Å². The average molecular weight is 401 g/mol. The lowest BCUT2D eigenvalue weighted by atomic mass is 10.0. The summed E-state index contributed by atoms with van der Waals surface area (Å²) in [5, 5.41) is 6.79. The molecule has 0 saturated carbocycles. The van der Waals surface area contributed by atoms with E-state index in [2.05, 4.69) is 5.10 Å². The van der Waals surface area contributed by atoms with Crippen LogP contribution in [0.2, 0.25) is 10.0 Å². The first kappa shape index (κ1) is 17.8. The van der Waals surface area contributed by atoms with Gasteiger partial charge in [-0.15, -0.1) is 0 Å². The molecule has 0 bridgehead atoms. The van der Waals surface area contributed by atoms with Crippen LogP contribution in [0.25, 0.3) is 21.7 Å². The zero-order valence-electron chi connectivity index (χ0n) is 14.3. The number of rotatable bonds is 4. The van der Waals surface area contributed by atoms with Gasteiger partial charge in [-0.3, -0.25) is 9.59 Å². The van der Waals surface area contributed by atoms with Gasteiger partial charge >= 0.3 is 0 Å². The smallest absolute Gasteiger partial charge is 0.274 e. The van der Waals surface area contributed by atoms with Crippen molar-refractivity contribution in [3.63, 3.8) is 0 Å². The molecule has 136 valence electrons. The highest BCUT2D eigenvalue weighted by Gasteiger charge is 2.15. The molecule has 0 fully saturated rings. The first-order chi connectivity index (χ1) is 12.9. The van der Waals surface area contributed by atoms with Crippen LogP contribution in [0.15, 0.2) is 51.9 Å². The summed E-state index contributed by atoms with van der Waals surface area (Å²) in [5.41, 5.74) is 1.81. The van der Waals surface area contributed by atoms with Crippen molar-refractivity contribution in [2.75, 3.05) is 0 Å². The molecule has 4 rings (SSSR count). The van der Waals surface area contributed by atoms with E-state index < -0.39 is 0 Å². The number of halogens is 2. The predicted molar refractivity (Wildman–Crippen MR) is 106 cm³/mol. The third kappa shape index (κ3) is 3.36. The Labute approximate surface area is 164 Å². The minimum atomic E-state index is -0.289. The fourth-order valence-electron chi connectivity index (χ4n) is 3.13. The predicted octanol–water partition coefficient (Wildman–Crippen LogP) is 4.34. The second kappa shape index (κ2) is 6.83. The lowest BCUT2D eigenvalue weighted by Gasteiger charge is -2.09. The van der Waals surface area contributed by atoms with Crippen LogP contribution in [0.3, 0.4) is 0 Å². The van der Waals surface area contributed by atoms with Gasteiger partial charge in [-0.05, 0) is 29.8 Å². The zero-order valence-corrected chi connectivity index (χ0v) is 15.8. The van der Waals surface area contributed by atoms with E-state index in [9.17, 15) is 9.59 Å². The summed E-state index contributed by atoms with van der Waals surface area (Å²) in [6, 6.07) is 10.7. The largest absolute Gasteiger partial charge is 0.464 e. The maximum absolute atomic E-state index is 12.6. The summed E-state index contributed by atoms with van der Waals surface area (Å²) >= 11 is 12.1. The van der Waals surface area contributed by atoms with Crippen LogP contribution in [-0.4, -0.2) is 15.6 Å². The standard InChI is InChI=1S/C20H14Cl2N2O3/c1-24-20(26)15-10-17(22)16(21)9-14(15)18(23-24)8-13(25)6-11-2-3-12-4-5-27-19(12)7-11/h2-5,7,9-10H,6,8H2,1H3. The molecule has 7 heteroatoms. The Morgan fingerprint density at radius 3 is 2.59 bits per heavy atom. The fraction of sp³-hybridized carbons (Fsp3) is 0.150. The molecule has 0 amide bonds. The Hall–Kier alpha value is -2.63. The number of carbonyl (C=O) groups excluding carboxylic acids is 1. The zero-order chi connectivity index (χ0) is 19.1. The van der Waals surface area contributed by atoms with Gasteiger partial charge in [0.25, 0.3) is 5.56 Å². The van der Waals surface area contributed by atoms with E-state index in [4.69, 9.17) is 27.6 Å².